The highest BCUT2D eigenvalue weighted by Crippen LogP contribution is 2.11. The molecule has 0 aromatic heterocycles. The van der Waals surface area contributed by atoms with Crippen molar-refractivity contribution >= 4 is 5.78 Å². The zero-order chi connectivity index (χ0) is 11.1. The molecule has 0 saturated carbocycles. The van der Waals surface area contributed by atoms with E-state index in [1.165, 1.54) is 19.3 Å². The predicted molar refractivity (Wildman–Crippen MR) is 58.6 cm³/mol. The van der Waals surface area contributed by atoms with E-state index in [4.69, 9.17) is 9.47 Å². The van der Waals surface area contributed by atoms with Gasteiger partial charge in [-0.1, -0.05) is 26.2 Å². The molecule has 3 heteroatoms. The van der Waals surface area contributed by atoms with E-state index in [0.29, 0.717) is 6.61 Å². The van der Waals surface area contributed by atoms with Crippen molar-refractivity contribution in [2.45, 2.75) is 51.9 Å². The molecule has 2 unspecified atom stereocenters. The fraction of sp³-hybridized carbons (Fsp3) is 0.750. The van der Waals surface area contributed by atoms with E-state index >= 15 is 0 Å². The molecule has 1 aliphatic rings. The summed E-state index contributed by atoms with van der Waals surface area (Å²) in [6, 6.07) is 0. The average molecular weight is 212 g/mol. The molecular formula is C12H20O3. The van der Waals surface area contributed by atoms with Crippen LogP contribution in [0.4, 0.5) is 0 Å². The minimum Gasteiger partial charge on any atom is -0.349 e. The molecule has 1 heterocycles. The summed E-state index contributed by atoms with van der Waals surface area (Å²) in [5.74, 6) is 0.0147. The molecule has 1 aliphatic heterocycles. The lowest BCUT2D eigenvalue weighted by Crippen LogP contribution is -2.30. The minimum atomic E-state index is -0.365. The maximum Gasteiger partial charge on any atom is 0.184 e. The van der Waals surface area contributed by atoms with Crippen LogP contribution in [0.25, 0.3) is 0 Å². The largest absolute Gasteiger partial charge is 0.349 e. The van der Waals surface area contributed by atoms with Gasteiger partial charge in [-0.05, 0) is 25.5 Å². The fourth-order valence-corrected chi connectivity index (χ4v) is 1.45. The average Bonchev–Trinajstić information content (AvgIpc) is 2.23. The maximum atomic E-state index is 11.1. The first kappa shape index (κ1) is 12.4. The van der Waals surface area contributed by atoms with Crippen LogP contribution < -0.4 is 0 Å². The first-order chi connectivity index (χ1) is 7.24. The van der Waals surface area contributed by atoms with Gasteiger partial charge in [0, 0.05) is 0 Å². The van der Waals surface area contributed by atoms with Crippen LogP contribution in [-0.2, 0) is 14.3 Å². The van der Waals surface area contributed by atoms with Gasteiger partial charge in [0.25, 0.3) is 0 Å². The molecule has 0 radical (unpaired) electrons. The van der Waals surface area contributed by atoms with Gasteiger partial charge in [-0.15, -0.1) is 0 Å². The Labute approximate surface area is 91.4 Å². The molecule has 0 aromatic rings. The molecule has 2 atom stereocenters. The Kier molecular flexibility index (Phi) is 5.58. The van der Waals surface area contributed by atoms with Gasteiger partial charge in [0.05, 0.1) is 6.61 Å². The van der Waals surface area contributed by atoms with Crippen molar-refractivity contribution in [3.05, 3.63) is 12.2 Å². The summed E-state index contributed by atoms with van der Waals surface area (Å²) in [6.45, 7) is 4.64. The number of ketones is 1. The first-order valence-corrected chi connectivity index (χ1v) is 5.73. The summed E-state index contributed by atoms with van der Waals surface area (Å²) in [4.78, 5) is 11.1. The van der Waals surface area contributed by atoms with Gasteiger partial charge in [-0.3, -0.25) is 4.79 Å². The van der Waals surface area contributed by atoms with Crippen molar-refractivity contribution in [1.29, 1.82) is 0 Å². The topological polar surface area (TPSA) is 35.5 Å². The summed E-state index contributed by atoms with van der Waals surface area (Å²) in [5, 5.41) is 0. The van der Waals surface area contributed by atoms with Crippen molar-refractivity contribution in [3.63, 3.8) is 0 Å². The number of carbonyl (C=O) groups excluding carboxylic acids is 1. The number of ether oxygens (including phenoxy) is 2. The summed E-state index contributed by atoms with van der Waals surface area (Å²) in [5.41, 5.74) is 0. The highest BCUT2D eigenvalue weighted by molar-refractivity contribution is 5.93. The van der Waals surface area contributed by atoms with Crippen LogP contribution in [0.2, 0.25) is 0 Å². The fourth-order valence-electron chi connectivity index (χ4n) is 1.45. The van der Waals surface area contributed by atoms with E-state index in [-0.39, 0.29) is 18.2 Å². The Hall–Kier alpha value is -0.670. The third kappa shape index (κ3) is 4.58. The molecule has 3 nitrogen and oxygen atoms in total. The van der Waals surface area contributed by atoms with E-state index < -0.39 is 0 Å². The summed E-state index contributed by atoms with van der Waals surface area (Å²) < 4.78 is 10.8. The van der Waals surface area contributed by atoms with Crippen LogP contribution in [0.1, 0.15) is 39.5 Å². The van der Waals surface area contributed by atoms with Crippen molar-refractivity contribution in [1.82, 2.24) is 0 Å². The van der Waals surface area contributed by atoms with Crippen LogP contribution in [0, 0.1) is 0 Å². The highest BCUT2D eigenvalue weighted by Gasteiger charge is 2.20. The second-order valence-electron chi connectivity index (χ2n) is 3.84. The number of hydrogen-bond acceptors (Lipinski definition) is 3. The lowest BCUT2D eigenvalue weighted by Gasteiger charge is -2.22. The lowest BCUT2D eigenvalue weighted by molar-refractivity contribution is -0.159. The molecule has 86 valence electrons. The van der Waals surface area contributed by atoms with E-state index in [2.05, 4.69) is 6.92 Å². The maximum absolute atomic E-state index is 11.1. The molecule has 0 fully saturated rings. The van der Waals surface area contributed by atoms with Gasteiger partial charge in [0.1, 0.15) is 6.10 Å². The number of unbranched alkanes of at least 4 members (excludes halogenated alkanes) is 3. The smallest absolute Gasteiger partial charge is 0.184 e. The Bertz CT molecular complexity index is 223. The van der Waals surface area contributed by atoms with E-state index in [1.54, 1.807) is 19.1 Å². The molecule has 0 aromatic carbocycles. The highest BCUT2D eigenvalue weighted by atomic mass is 16.7. The van der Waals surface area contributed by atoms with Crippen molar-refractivity contribution < 1.29 is 14.3 Å². The van der Waals surface area contributed by atoms with E-state index in [0.717, 1.165) is 6.42 Å². The van der Waals surface area contributed by atoms with Gasteiger partial charge < -0.3 is 9.47 Å². The number of rotatable bonds is 6. The van der Waals surface area contributed by atoms with Crippen LogP contribution in [0.3, 0.4) is 0 Å². The molecule has 1 rings (SSSR count). The third-order valence-electron chi connectivity index (χ3n) is 2.44. The monoisotopic (exact) mass is 212 g/mol. The van der Waals surface area contributed by atoms with Crippen molar-refractivity contribution in [2.75, 3.05) is 6.61 Å². The Morgan fingerprint density at radius 1 is 1.40 bits per heavy atom. The quantitative estimate of drug-likeness (QED) is 0.634. The molecule has 0 spiro atoms. The Morgan fingerprint density at radius 3 is 2.87 bits per heavy atom. The summed E-state index contributed by atoms with van der Waals surface area (Å²) in [7, 11) is 0. The minimum absolute atomic E-state index is 0.0147. The zero-order valence-corrected chi connectivity index (χ0v) is 9.57. The van der Waals surface area contributed by atoms with Gasteiger partial charge in [-0.25, -0.2) is 0 Å². The van der Waals surface area contributed by atoms with Gasteiger partial charge >= 0.3 is 0 Å². The van der Waals surface area contributed by atoms with E-state index in [1.807, 2.05) is 0 Å². The molecule has 15 heavy (non-hydrogen) atoms. The Balaban J connectivity index is 2.12. The molecule has 0 amide bonds. The standard InChI is InChI=1S/C12H20O3/c1-3-4-5-6-9-14-12-8-7-11(13)10(2)15-12/h7-8,10,12H,3-6,9H2,1-2H3. The summed E-state index contributed by atoms with van der Waals surface area (Å²) >= 11 is 0. The van der Waals surface area contributed by atoms with Gasteiger partial charge in [0.2, 0.25) is 0 Å². The second kappa shape index (κ2) is 6.75. The van der Waals surface area contributed by atoms with Crippen molar-refractivity contribution in [3.8, 4) is 0 Å². The molecule has 0 N–H and O–H groups in total. The number of carbonyl (C=O) groups is 1. The number of hydrogen-bond donors (Lipinski definition) is 0. The molecule has 0 bridgehead atoms. The van der Waals surface area contributed by atoms with Crippen LogP contribution in [0.5, 0.6) is 0 Å². The van der Waals surface area contributed by atoms with Crippen molar-refractivity contribution in [2.24, 2.45) is 0 Å². The van der Waals surface area contributed by atoms with Gasteiger partial charge in [0.15, 0.2) is 12.1 Å². The van der Waals surface area contributed by atoms with Crippen LogP contribution in [-0.4, -0.2) is 24.8 Å². The third-order valence-corrected chi connectivity index (χ3v) is 2.44. The van der Waals surface area contributed by atoms with Crippen LogP contribution >= 0.6 is 0 Å². The molecule has 0 aliphatic carbocycles. The zero-order valence-electron chi connectivity index (χ0n) is 9.57. The van der Waals surface area contributed by atoms with Crippen LogP contribution in [0.15, 0.2) is 12.2 Å². The van der Waals surface area contributed by atoms with Gasteiger partial charge in [-0.2, -0.15) is 0 Å². The second-order valence-corrected chi connectivity index (χ2v) is 3.84. The lowest BCUT2D eigenvalue weighted by atomic mass is 10.2. The first-order valence-electron chi connectivity index (χ1n) is 5.73. The molecule has 0 saturated heterocycles. The Morgan fingerprint density at radius 2 is 2.20 bits per heavy atom. The molecular weight excluding hydrogens is 192 g/mol. The summed E-state index contributed by atoms with van der Waals surface area (Å²) in [6.07, 6.45) is 7.26. The predicted octanol–water partition coefficient (Wildman–Crippen LogP) is 2.45. The normalized spacial score (nSPS) is 25.9. The SMILES string of the molecule is CCCCCCOC1C=CC(=O)C(C)O1. The van der Waals surface area contributed by atoms with E-state index in [9.17, 15) is 4.79 Å².